The van der Waals surface area contributed by atoms with Crippen LogP contribution >= 0.6 is 0 Å². The van der Waals surface area contributed by atoms with Crippen molar-refractivity contribution in [3.63, 3.8) is 0 Å². The van der Waals surface area contributed by atoms with E-state index in [-0.39, 0.29) is 5.97 Å². The summed E-state index contributed by atoms with van der Waals surface area (Å²) in [5, 5.41) is 0.773. The van der Waals surface area contributed by atoms with Gasteiger partial charge in [-0.1, -0.05) is 6.07 Å². The summed E-state index contributed by atoms with van der Waals surface area (Å²) in [7, 11) is 1.37. The molecule has 1 heterocycles. The first-order valence-corrected chi connectivity index (χ1v) is 3.89. The van der Waals surface area contributed by atoms with Crippen molar-refractivity contribution in [1.82, 2.24) is 4.98 Å². The Morgan fingerprint density at radius 2 is 2.38 bits per heavy atom. The largest absolute Gasteiger partial charge is 0.465 e. The van der Waals surface area contributed by atoms with Gasteiger partial charge in [0.1, 0.15) is 0 Å². The Balaban J connectivity index is 2.67. The number of H-pyrrole nitrogens is 1. The fraction of sp³-hybridized carbons (Fsp3) is 0.100. The molecule has 0 saturated carbocycles. The number of hydrogen-bond donors (Lipinski definition) is 1. The molecule has 0 spiro atoms. The maximum Gasteiger partial charge on any atom is 0.338 e. The summed E-state index contributed by atoms with van der Waals surface area (Å²) in [6, 6.07) is 8.36. The molecule has 3 nitrogen and oxygen atoms in total. The van der Waals surface area contributed by atoms with Crippen LogP contribution in [0.1, 0.15) is 10.4 Å². The summed E-state index contributed by atoms with van der Waals surface area (Å²) in [4.78, 5) is 14.2. The molecular formula is C10H8NO2. The second-order valence-electron chi connectivity index (χ2n) is 2.65. The molecule has 65 valence electrons. The molecule has 0 aliphatic carbocycles. The van der Waals surface area contributed by atoms with Crippen molar-refractivity contribution in [3.8, 4) is 0 Å². The summed E-state index contributed by atoms with van der Waals surface area (Å²) in [6.45, 7) is 0. The first-order chi connectivity index (χ1) is 6.33. The zero-order valence-electron chi connectivity index (χ0n) is 7.13. The minimum absolute atomic E-state index is 0.332. The minimum atomic E-state index is -0.332. The molecule has 0 fully saturated rings. The van der Waals surface area contributed by atoms with Crippen LogP contribution in [0, 0.1) is 6.07 Å². The number of rotatable bonds is 1. The normalized spacial score (nSPS) is 10.2. The zero-order valence-corrected chi connectivity index (χ0v) is 7.13. The molecule has 0 atom stereocenters. The Morgan fingerprint density at radius 1 is 1.54 bits per heavy atom. The van der Waals surface area contributed by atoms with E-state index >= 15 is 0 Å². The number of esters is 1. The van der Waals surface area contributed by atoms with E-state index in [0.29, 0.717) is 5.56 Å². The molecule has 1 aromatic heterocycles. The van der Waals surface area contributed by atoms with Gasteiger partial charge in [0.05, 0.1) is 12.7 Å². The number of carbonyl (C=O) groups excluding carboxylic acids is 1. The van der Waals surface area contributed by atoms with Gasteiger partial charge in [-0.3, -0.25) is 0 Å². The van der Waals surface area contributed by atoms with Crippen LogP contribution in [0.5, 0.6) is 0 Å². The molecule has 0 saturated heterocycles. The van der Waals surface area contributed by atoms with Crippen molar-refractivity contribution < 1.29 is 9.53 Å². The average Bonchev–Trinajstić information content (AvgIpc) is 2.63. The quantitative estimate of drug-likeness (QED) is 0.669. The monoisotopic (exact) mass is 174 g/mol. The summed E-state index contributed by atoms with van der Waals surface area (Å²) in [6.07, 6.45) is 1.68. The van der Waals surface area contributed by atoms with E-state index in [1.807, 2.05) is 6.07 Å². The van der Waals surface area contributed by atoms with E-state index in [4.69, 9.17) is 0 Å². The highest BCUT2D eigenvalue weighted by Gasteiger charge is 2.09. The molecular weight excluding hydrogens is 166 g/mol. The van der Waals surface area contributed by atoms with Crippen molar-refractivity contribution in [2.45, 2.75) is 0 Å². The van der Waals surface area contributed by atoms with Gasteiger partial charge in [-0.05, 0) is 12.1 Å². The maximum atomic E-state index is 11.3. The number of carbonyl (C=O) groups is 1. The lowest BCUT2D eigenvalue weighted by molar-refractivity contribution is 0.0603. The molecule has 0 bridgehead atoms. The third-order valence-electron chi connectivity index (χ3n) is 1.91. The number of ether oxygens (including phenoxy) is 1. The van der Waals surface area contributed by atoms with Crippen molar-refractivity contribution in [2.75, 3.05) is 7.11 Å². The minimum Gasteiger partial charge on any atom is -0.465 e. The molecule has 13 heavy (non-hydrogen) atoms. The third kappa shape index (κ3) is 1.18. The van der Waals surface area contributed by atoms with Crippen molar-refractivity contribution >= 4 is 16.9 Å². The Labute approximate surface area is 75.3 Å². The molecule has 1 aromatic carbocycles. The van der Waals surface area contributed by atoms with Gasteiger partial charge in [0, 0.05) is 23.2 Å². The summed E-state index contributed by atoms with van der Waals surface area (Å²) >= 11 is 0. The molecule has 0 unspecified atom stereocenters. The first kappa shape index (κ1) is 7.86. The lowest BCUT2D eigenvalue weighted by Gasteiger charge is -1.99. The number of nitrogens with one attached hydrogen (secondary N) is 1. The lowest BCUT2D eigenvalue weighted by Crippen LogP contribution is -2.00. The molecule has 2 rings (SSSR count). The number of aromatic amines is 1. The van der Waals surface area contributed by atoms with E-state index in [1.54, 1.807) is 18.3 Å². The van der Waals surface area contributed by atoms with E-state index < -0.39 is 0 Å². The van der Waals surface area contributed by atoms with Gasteiger partial charge >= 0.3 is 5.97 Å². The van der Waals surface area contributed by atoms with Crippen LogP contribution in [-0.2, 0) is 4.74 Å². The summed E-state index contributed by atoms with van der Waals surface area (Å²) < 4.78 is 4.64. The van der Waals surface area contributed by atoms with Gasteiger partial charge in [0.2, 0.25) is 0 Å². The van der Waals surface area contributed by atoms with Crippen molar-refractivity contribution in [3.05, 3.63) is 36.0 Å². The van der Waals surface area contributed by atoms with Gasteiger partial charge < -0.3 is 9.72 Å². The standard InChI is InChI=1S/C10H8NO2/c1-13-10(12)8-3-2-4-9-7(8)5-6-11-9/h2-4,6,11H,1H3. The number of methoxy groups -OCH3 is 1. The van der Waals surface area contributed by atoms with Crippen molar-refractivity contribution in [1.29, 1.82) is 0 Å². The second-order valence-corrected chi connectivity index (χ2v) is 2.65. The topological polar surface area (TPSA) is 42.1 Å². The van der Waals surface area contributed by atoms with Gasteiger partial charge in [-0.15, -0.1) is 0 Å². The smallest absolute Gasteiger partial charge is 0.338 e. The van der Waals surface area contributed by atoms with Gasteiger partial charge in [0.15, 0.2) is 0 Å². The Hall–Kier alpha value is -1.77. The molecule has 0 amide bonds. The second kappa shape index (κ2) is 2.94. The molecule has 2 aromatic rings. The molecule has 1 radical (unpaired) electrons. The van der Waals surface area contributed by atoms with Crippen molar-refractivity contribution in [2.24, 2.45) is 0 Å². The first-order valence-electron chi connectivity index (χ1n) is 3.89. The highest BCUT2D eigenvalue weighted by molar-refractivity contribution is 6.03. The van der Waals surface area contributed by atoms with Gasteiger partial charge in [0.25, 0.3) is 0 Å². The maximum absolute atomic E-state index is 11.3. The summed E-state index contributed by atoms with van der Waals surface area (Å²) in [5.41, 5.74) is 1.43. The van der Waals surface area contributed by atoms with E-state index in [0.717, 1.165) is 10.9 Å². The number of hydrogen-bond acceptors (Lipinski definition) is 2. The number of aromatic nitrogens is 1. The summed E-state index contributed by atoms with van der Waals surface area (Å²) in [5.74, 6) is -0.332. The SMILES string of the molecule is COC(=O)c1cccc2[nH]c[c]c12. The van der Waals surface area contributed by atoms with E-state index in [2.05, 4.69) is 15.8 Å². The van der Waals surface area contributed by atoms with Gasteiger partial charge in [-0.2, -0.15) is 0 Å². The van der Waals surface area contributed by atoms with Gasteiger partial charge in [-0.25, -0.2) is 4.79 Å². The average molecular weight is 174 g/mol. The Kier molecular flexibility index (Phi) is 1.77. The van der Waals surface area contributed by atoms with Crippen LogP contribution in [-0.4, -0.2) is 18.1 Å². The van der Waals surface area contributed by atoms with E-state index in [1.165, 1.54) is 7.11 Å². The van der Waals surface area contributed by atoms with Crippen LogP contribution in [0.2, 0.25) is 0 Å². The molecule has 0 aliphatic rings. The van der Waals surface area contributed by atoms with Crippen LogP contribution in [0.25, 0.3) is 10.9 Å². The van der Waals surface area contributed by atoms with Crippen LogP contribution in [0.4, 0.5) is 0 Å². The van der Waals surface area contributed by atoms with Crippen LogP contribution < -0.4 is 0 Å². The predicted octanol–water partition coefficient (Wildman–Crippen LogP) is 1.75. The predicted molar refractivity (Wildman–Crippen MR) is 48.5 cm³/mol. The van der Waals surface area contributed by atoms with Crippen LogP contribution in [0.15, 0.2) is 24.4 Å². The lowest BCUT2D eigenvalue weighted by atomic mass is 10.1. The Morgan fingerprint density at radius 3 is 3.15 bits per heavy atom. The fourth-order valence-electron chi connectivity index (χ4n) is 1.29. The number of benzene rings is 1. The molecule has 0 aliphatic heterocycles. The zero-order chi connectivity index (χ0) is 9.26. The highest BCUT2D eigenvalue weighted by atomic mass is 16.5. The Bertz CT molecular complexity index is 445. The number of fused-ring (bicyclic) bond motifs is 1. The molecule has 3 heteroatoms. The van der Waals surface area contributed by atoms with Crippen LogP contribution in [0.3, 0.4) is 0 Å². The highest BCUT2D eigenvalue weighted by Crippen LogP contribution is 2.17. The third-order valence-corrected chi connectivity index (χ3v) is 1.91. The van der Waals surface area contributed by atoms with E-state index in [9.17, 15) is 4.79 Å². The molecule has 1 N–H and O–H groups in total. The fourth-order valence-corrected chi connectivity index (χ4v) is 1.29.